The van der Waals surface area contributed by atoms with E-state index in [-0.39, 0.29) is 11.9 Å². The van der Waals surface area contributed by atoms with E-state index in [1.807, 2.05) is 30.1 Å². The van der Waals surface area contributed by atoms with Crippen LogP contribution in [-0.4, -0.2) is 37.6 Å². The molecule has 0 aliphatic rings. The van der Waals surface area contributed by atoms with Crippen LogP contribution < -0.4 is 10.1 Å². The molecule has 1 amide bonds. The van der Waals surface area contributed by atoms with Crippen molar-refractivity contribution in [1.29, 1.82) is 0 Å². The number of hydrogen-bond donors (Lipinski definition) is 1. The fourth-order valence-electron chi connectivity index (χ4n) is 2.23. The van der Waals surface area contributed by atoms with Crippen molar-refractivity contribution >= 4 is 21.8 Å². The van der Waals surface area contributed by atoms with Crippen molar-refractivity contribution in [3.63, 3.8) is 0 Å². The second kappa shape index (κ2) is 9.05. The third-order valence-electron chi connectivity index (χ3n) is 3.45. The summed E-state index contributed by atoms with van der Waals surface area (Å²) in [6.45, 7) is 5.22. The highest BCUT2D eigenvalue weighted by Crippen LogP contribution is 2.23. The van der Waals surface area contributed by atoms with Crippen LogP contribution in [-0.2, 0) is 11.3 Å². The smallest absolute Gasteiger partial charge is 0.234 e. The number of benzene rings is 1. The van der Waals surface area contributed by atoms with Gasteiger partial charge in [-0.05, 0) is 38.1 Å². The number of carbonyl (C=O) groups is 1. The Morgan fingerprint density at radius 3 is 2.62 bits per heavy atom. The van der Waals surface area contributed by atoms with Gasteiger partial charge in [0.15, 0.2) is 0 Å². The molecule has 0 radical (unpaired) electrons. The summed E-state index contributed by atoms with van der Waals surface area (Å²) in [6, 6.07) is 6.17. The molecule has 0 aliphatic carbocycles. The van der Waals surface area contributed by atoms with Gasteiger partial charge in [0.05, 0.1) is 13.7 Å². The first-order valence-electron chi connectivity index (χ1n) is 7.30. The lowest BCUT2D eigenvalue weighted by atomic mass is 10.1. The molecule has 0 atom stereocenters. The normalized spacial score (nSPS) is 11.0. The van der Waals surface area contributed by atoms with Gasteiger partial charge in [-0.15, -0.1) is 0 Å². The first-order valence-corrected chi connectivity index (χ1v) is 8.09. The van der Waals surface area contributed by atoms with E-state index < -0.39 is 0 Å². The Bertz CT molecular complexity index is 462. The Morgan fingerprint density at radius 2 is 2.05 bits per heavy atom. The molecular weight excluding hydrogens is 332 g/mol. The topological polar surface area (TPSA) is 41.6 Å². The predicted octanol–water partition coefficient (Wildman–Crippen LogP) is 3.19. The maximum atomic E-state index is 12.0. The first-order chi connectivity index (χ1) is 9.99. The van der Waals surface area contributed by atoms with E-state index in [4.69, 9.17) is 4.74 Å². The number of likely N-dealkylation sites (N-methyl/N-ethyl adjacent to an activating group) is 1. The maximum absolute atomic E-state index is 12.0. The molecule has 0 spiro atoms. The van der Waals surface area contributed by atoms with Crippen molar-refractivity contribution in [3.8, 4) is 5.75 Å². The maximum Gasteiger partial charge on any atom is 0.234 e. The molecule has 1 aromatic carbocycles. The van der Waals surface area contributed by atoms with Gasteiger partial charge in [0.1, 0.15) is 5.75 Å². The molecule has 4 nitrogen and oxygen atoms in total. The van der Waals surface area contributed by atoms with Crippen LogP contribution in [0, 0.1) is 0 Å². The fourth-order valence-corrected chi connectivity index (χ4v) is 2.64. The summed E-state index contributed by atoms with van der Waals surface area (Å²) >= 11 is 3.46. The van der Waals surface area contributed by atoms with Gasteiger partial charge in [0.2, 0.25) is 5.91 Å². The van der Waals surface area contributed by atoms with E-state index in [1.54, 1.807) is 7.11 Å². The van der Waals surface area contributed by atoms with Gasteiger partial charge in [-0.1, -0.05) is 29.8 Å². The van der Waals surface area contributed by atoms with Gasteiger partial charge < -0.3 is 10.1 Å². The predicted molar refractivity (Wildman–Crippen MR) is 89.5 cm³/mol. The molecule has 0 aliphatic heterocycles. The van der Waals surface area contributed by atoms with Crippen LogP contribution >= 0.6 is 15.9 Å². The number of amides is 1. The first kappa shape index (κ1) is 18.0. The van der Waals surface area contributed by atoms with Crippen LogP contribution in [0.25, 0.3) is 0 Å². The van der Waals surface area contributed by atoms with Crippen molar-refractivity contribution in [1.82, 2.24) is 10.2 Å². The lowest BCUT2D eigenvalue weighted by Gasteiger charge is -2.20. The minimum Gasteiger partial charge on any atom is -0.496 e. The molecule has 0 aromatic heterocycles. The van der Waals surface area contributed by atoms with E-state index in [9.17, 15) is 4.79 Å². The Labute approximate surface area is 136 Å². The third kappa shape index (κ3) is 6.06. The number of nitrogens with one attached hydrogen (secondary N) is 1. The van der Waals surface area contributed by atoms with E-state index in [0.717, 1.165) is 28.6 Å². The molecule has 0 saturated heterocycles. The number of methoxy groups -OCH3 is 1. The number of rotatable bonds is 8. The summed E-state index contributed by atoms with van der Waals surface area (Å²) in [4.78, 5) is 14.0. The largest absolute Gasteiger partial charge is 0.496 e. The molecule has 1 rings (SSSR count). The molecule has 1 aromatic rings. The zero-order chi connectivity index (χ0) is 15.8. The van der Waals surface area contributed by atoms with Gasteiger partial charge >= 0.3 is 0 Å². The summed E-state index contributed by atoms with van der Waals surface area (Å²) in [5, 5.41) is 3.05. The molecule has 1 N–H and O–H groups in total. The van der Waals surface area contributed by atoms with Crippen LogP contribution in [0.1, 0.15) is 32.3 Å². The standard InChI is InChI=1S/C16H25BrN2O2/c1-5-14(6-2)18-16(20)11-19(3)10-12-9-13(17)7-8-15(12)21-4/h7-9,14H,5-6,10-11H2,1-4H3,(H,18,20). The van der Waals surface area contributed by atoms with E-state index >= 15 is 0 Å². The second-order valence-electron chi connectivity index (χ2n) is 5.21. The molecule has 0 heterocycles. The lowest BCUT2D eigenvalue weighted by molar-refractivity contribution is -0.122. The van der Waals surface area contributed by atoms with Crippen molar-refractivity contribution in [2.75, 3.05) is 20.7 Å². The van der Waals surface area contributed by atoms with Crippen LogP contribution in [0.3, 0.4) is 0 Å². The third-order valence-corrected chi connectivity index (χ3v) is 3.94. The Kier molecular flexibility index (Phi) is 7.75. The highest BCUT2D eigenvalue weighted by atomic mass is 79.9. The van der Waals surface area contributed by atoms with Crippen LogP contribution in [0.4, 0.5) is 0 Å². The fraction of sp³-hybridized carbons (Fsp3) is 0.562. The van der Waals surface area contributed by atoms with Crippen LogP contribution in [0.5, 0.6) is 5.75 Å². The summed E-state index contributed by atoms with van der Waals surface area (Å²) < 4.78 is 6.37. The monoisotopic (exact) mass is 356 g/mol. The number of halogens is 1. The Morgan fingerprint density at radius 1 is 1.38 bits per heavy atom. The highest BCUT2D eigenvalue weighted by Gasteiger charge is 2.13. The average Bonchev–Trinajstić information content (AvgIpc) is 2.44. The van der Waals surface area contributed by atoms with Crippen molar-refractivity contribution in [3.05, 3.63) is 28.2 Å². The molecular formula is C16H25BrN2O2. The molecule has 118 valence electrons. The van der Waals surface area contributed by atoms with Crippen LogP contribution in [0.2, 0.25) is 0 Å². The molecule has 0 fully saturated rings. The second-order valence-corrected chi connectivity index (χ2v) is 6.13. The number of ether oxygens (including phenoxy) is 1. The van der Waals surface area contributed by atoms with E-state index in [0.29, 0.717) is 13.1 Å². The van der Waals surface area contributed by atoms with E-state index in [2.05, 4.69) is 35.1 Å². The minimum atomic E-state index is 0.0696. The SMILES string of the molecule is CCC(CC)NC(=O)CN(C)Cc1cc(Br)ccc1OC. The molecule has 21 heavy (non-hydrogen) atoms. The van der Waals surface area contributed by atoms with E-state index in [1.165, 1.54) is 0 Å². The summed E-state index contributed by atoms with van der Waals surface area (Å²) in [6.07, 6.45) is 1.93. The molecule has 0 bridgehead atoms. The number of hydrogen-bond acceptors (Lipinski definition) is 3. The zero-order valence-corrected chi connectivity index (χ0v) is 14.9. The molecule has 5 heteroatoms. The molecule has 0 saturated carbocycles. The highest BCUT2D eigenvalue weighted by molar-refractivity contribution is 9.10. The summed E-state index contributed by atoms with van der Waals surface area (Å²) in [7, 11) is 3.60. The zero-order valence-electron chi connectivity index (χ0n) is 13.3. The van der Waals surface area contributed by atoms with Gasteiger partial charge in [-0.2, -0.15) is 0 Å². The Balaban J connectivity index is 2.59. The summed E-state index contributed by atoms with van der Waals surface area (Å²) in [5.74, 6) is 0.908. The quantitative estimate of drug-likeness (QED) is 0.777. The van der Waals surface area contributed by atoms with Gasteiger partial charge in [0, 0.05) is 22.6 Å². The van der Waals surface area contributed by atoms with Gasteiger partial charge in [0.25, 0.3) is 0 Å². The number of carbonyl (C=O) groups excluding carboxylic acids is 1. The van der Waals surface area contributed by atoms with Crippen molar-refractivity contribution in [2.24, 2.45) is 0 Å². The van der Waals surface area contributed by atoms with Crippen molar-refractivity contribution < 1.29 is 9.53 Å². The van der Waals surface area contributed by atoms with Gasteiger partial charge in [-0.25, -0.2) is 0 Å². The van der Waals surface area contributed by atoms with Gasteiger partial charge in [-0.3, -0.25) is 9.69 Å². The minimum absolute atomic E-state index is 0.0696. The van der Waals surface area contributed by atoms with Crippen molar-refractivity contribution in [2.45, 2.75) is 39.3 Å². The Hall–Kier alpha value is -1.07. The lowest BCUT2D eigenvalue weighted by Crippen LogP contribution is -2.40. The van der Waals surface area contributed by atoms with Crippen LogP contribution in [0.15, 0.2) is 22.7 Å². The average molecular weight is 357 g/mol. The number of nitrogens with zero attached hydrogens (tertiary/aromatic N) is 1. The summed E-state index contributed by atoms with van der Waals surface area (Å²) in [5.41, 5.74) is 1.06. The molecule has 0 unspecified atom stereocenters.